The number of rotatable bonds is 6. The molecule has 0 unspecified atom stereocenters. The Labute approximate surface area is 186 Å². The van der Waals surface area contributed by atoms with E-state index in [1.807, 2.05) is 73.0 Å². The number of aromatic nitrogens is 3. The Morgan fingerprint density at radius 2 is 1.93 bits per heavy atom. The van der Waals surface area contributed by atoms with Crippen molar-refractivity contribution in [2.45, 2.75) is 19.0 Å². The van der Waals surface area contributed by atoms with Gasteiger partial charge in [0.05, 0.1) is 12.0 Å². The number of carbonyl (C=O) groups is 1. The lowest BCUT2D eigenvalue weighted by atomic mass is 10.2. The maximum Gasteiger partial charge on any atom is 0.234 e. The number of carbonyl (C=O) groups excluding carboxylic acids is 1. The van der Waals surface area contributed by atoms with Crippen LogP contribution < -0.4 is 5.32 Å². The number of benzene rings is 2. The van der Waals surface area contributed by atoms with E-state index in [-0.39, 0.29) is 11.7 Å². The summed E-state index contributed by atoms with van der Waals surface area (Å²) in [5.74, 6) is 1.30. The number of nitrogens with zero attached hydrogens (tertiary/aromatic N) is 3. The van der Waals surface area contributed by atoms with E-state index in [0.717, 1.165) is 27.0 Å². The van der Waals surface area contributed by atoms with Crippen LogP contribution in [0, 0.1) is 13.8 Å². The number of anilines is 1. The van der Waals surface area contributed by atoms with Gasteiger partial charge in [-0.2, -0.15) is 0 Å². The van der Waals surface area contributed by atoms with Crippen molar-refractivity contribution in [1.82, 2.24) is 14.8 Å². The zero-order chi connectivity index (χ0) is 21.1. The van der Waals surface area contributed by atoms with Gasteiger partial charge in [-0.25, -0.2) is 0 Å². The smallest absolute Gasteiger partial charge is 0.234 e. The van der Waals surface area contributed by atoms with E-state index in [1.54, 1.807) is 6.26 Å². The molecule has 152 valence electrons. The zero-order valence-corrected chi connectivity index (χ0v) is 18.8. The number of thioether (sulfide) groups is 1. The summed E-state index contributed by atoms with van der Waals surface area (Å²) in [7, 11) is 0. The van der Waals surface area contributed by atoms with E-state index in [2.05, 4.69) is 31.4 Å². The molecule has 1 amide bonds. The Morgan fingerprint density at radius 1 is 1.13 bits per heavy atom. The van der Waals surface area contributed by atoms with Gasteiger partial charge in [0.15, 0.2) is 10.9 Å². The van der Waals surface area contributed by atoms with Crippen LogP contribution in [-0.4, -0.2) is 26.4 Å². The number of hydrogen-bond donors (Lipinski definition) is 1. The van der Waals surface area contributed by atoms with Crippen LogP contribution in [-0.2, 0) is 4.79 Å². The molecule has 0 saturated carbocycles. The van der Waals surface area contributed by atoms with Crippen molar-refractivity contribution in [3.8, 4) is 17.3 Å². The summed E-state index contributed by atoms with van der Waals surface area (Å²) in [5.41, 5.74) is 3.88. The van der Waals surface area contributed by atoms with E-state index in [1.165, 1.54) is 11.8 Å². The molecule has 0 aliphatic heterocycles. The molecule has 0 fully saturated rings. The molecule has 0 spiro atoms. The minimum absolute atomic E-state index is 0.111. The molecule has 2 heterocycles. The fourth-order valence-electron chi connectivity index (χ4n) is 2.91. The van der Waals surface area contributed by atoms with Crippen molar-refractivity contribution in [3.63, 3.8) is 0 Å². The Hall–Kier alpha value is -2.84. The minimum atomic E-state index is -0.111. The van der Waals surface area contributed by atoms with Crippen molar-refractivity contribution in [1.29, 1.82) is 0 Å². The summed E-state index contributed by atoms with van der Waals surface area (Å²) in [6.45, 7) is 4.02. The number of amides is 1. The average Bonchev–Trinajstić information content (AvgIpc) is 3.39. The summed E-state index contributed by atoms with van der Waals surface area (Å²) in [6, 6.07) is 17.4. The highest BCUT2D eigenvalue weighted by atomic mass is 79.9. The van der Waals surface area contributed by atoms with E-state index >= 15 is 0 Å². The normalized spacial score (nSPS) is 10.9. The summed E-state index contributed by atoms with van der Waals surface area (Å²) >= 11 is 4.79. The van der Waals surface area contributed by atoms with Crippen molar-refractivity contribution >= 4 is 39.3 Å². The first-order chi connectivity index (χ1) is 14.5. The molecule has 8 heteroatoms. The molecule has 2 aromatic heterocycles. The Morgan fingerprint density at radius 3 is 2.63 bits per heavy atom. The monoisotopic (exact) mass is 482 g/mol. The first-order valence-electron chi connectivity index (χ1n) is 9.26. The number of halogens is 1. The van der Waals surface area contributed by atoms with Crippen LogP contribution in [0.15, 0.2) is 74.9 Å². The Bertz CT molecular complexity index is 1170. The minimum Gasteiger partial charge on any atom is -0.461 e. The van der Waals surface area contributed by atoms with Gasteiger partial charge in [-0.1, -0.05) is 45.4 Å². The summed E-state index contributed by atoms with van der Waals surface area (Å²) < 4.78 is 8.44. The third-order valence-electron chi connectivity index (χ3n) is 4.44. The van der Waals surface area contributed by atoms with Gasteiger partial charge >= 0.3 is 0 Å². The van der Waals surface area contributed by atoms with Crippen LogP contribution in [0.4, 0.5) is 5.69 Å². The second-order valence-corrected chi connectivity index (χ2v) is 8.55. The van der Waals surface area contributed by atoms with Gasteiger partial charge in [0.1, 0.15) is 0 Å². The number of furan rings is 1. The molecule has 0 atom stereocenters. The fourth-order valence-corrected chi connectivity index (χ4v) is 3.90. The summed E-state index contributed by atoms with van der Waals surface area (Å²) in [4.78, 5) is 12.5. The Kier molecular flexibility index (Phi) is 6.06. The predicted octanol–water partition coefficient (Wildman–Crippen LogP) is 5.64. The molecule has 0 saturated heterocycles. The van der Waals surface area contributed by atoms with Gasteiger partial charge in [0.25, 0.3) is 0 Å². The Balaban J connectivity index is 1.55. The van der Waals surface area contributed by atoms with E-state index in [0.29, 0.717) is 16.7 Å². The maximum atomic E-state index is 12.5. The van der Waals surface area contributed by atoms with Crippen LogP contribution in [0.5, 0.6) is 0 Å². The summed E-state index contributed by atoms with van der Waals surface area (Å²) in [6.07, 6.45) is 1.60. The molecular weight excluding hydrogens is 464 g/mol. The lowest BCUT2D eigenvalue weighted by Crippen LogP contribution is -2.14. The van der Waals surface area contributed by atoms with Gasteiger partial charge in [-0.3, -0.25) is 9.36 Å². The van der Waals surface area contributed by atoms with E-state index in [4.69, 9.17) is 4.42 Å². The van der Waals surface area contributed by atoms with Crippen LogP contribution >= 0.6 is 27.7 Å². The molecule has 0 aliphatic carbocycles. The first-order valence-corrected chi connectivity index (χ1v) is 11.0. The first kappa shape index (κ1) is 20.4. The van der Waals surface area contributed by atoms with Crippen molar-refractivity contribution in [2.24, 2.45) is 0 Å². The molecule has 0 aliphatic rings. The lowest BCUT2D eigenvalue weighted by Gasteiger charge is -2.10. The standard InChI is InChI=1S/C22H19BrN4O2S/c1-14-5-8-17(9-6-14)27-21(19-4-3-11-29-19)25-26-22(27)30-13-20(28)24-16-7-10-18(23)15(2)12-16/h3-12H,13H2,1-2H3,(H,24,28). The van der Waals surface area contributed by atoms with Gasteiger partial charge in [-0.05, 0) is 61.9 Å². The largest absolute Gasteiger partial charge is 0.461 e. The number of hydrogen-bond acceptors (Lipinski definition) is 5. The second-order valence-electron chi connectivity index (χ2n) is 6.76. The quantitative estimate of drug-likeness (QED) is 0.360. The second kappa shape index (κ2) is 8.89. The third-order valence-corrected chi connectivity index (χ3v) is 6.26. The van der Waals surface area contributed by atoms with E-state index < -0.39 is 0 Å². The predicted molar refractivity (Wildman–Crippen MR) is 122 cm³/mol. The highest BCUT2D eigenvalue weighted by Gasteiger charge is 2.19. The van der Waals surface area contributed by atoms with Crippen LogP contribution in [0.25, 0.3) is 17.3 Å². The zero-order valence-electron chi connectivity index (χ0n) is 16.4. The van der Waals surface area contributed by atoms with Crippen LogP contribution in [0.1, 0.15) is 11.1 Å². The molecule has 2 aromatic carbocycles. The molecule has 4 rings (SSSR count). The SMILES string of the molecule is Cc1ccc(-n2c(SCC(=O)Nc3ccc(Br)c(C)c3)nnc2-c2ccco2)cc1. The number of aryl methyl sites for hydroxylation is 2. The fraction of sp³-hybridized carbons (Fsp3) is 0.136. The molecule has 1 N–H and O–H groups in total. The third kappa shape index (κ3) is 4.49. The van der Waals surface area contributed by atoms with Gasteiger partial charge in [0, 0.05) is 15.8 Å². The van der Waals surface area contributed by atoms with Crippen molar-refractivity contribution < 1.29 is 9.21 Å². The molecule has 6 nitrogen and oxygen atoms in total. The number of nitrogens with one attached hydrogen (secondary N) is 1. The maximum absolute atomic E-state index is 12.5. The average molecular weight is 483 g/mol. The van der Waals surface area contributed by atoms with Gasteiger partial charge < -0.3 is 9.73 Å². The molecule has 30 heavy (non-hydrogen) atoms. The lowest BCUT2D eigenvalue weighted by molar-refractivity contribution is -0.113. The topological polar surface area (TPSA) is 73.0 Å². The van der Waals surface area contributed by atoms with Crippen LogP contribution in [0.2, 0.25) is 0 Å². The molecule has 0 bridgehead atoms. The highest BCUT2D eigenvalue weighted by molar-refractivity contribution is 9.10. The highest BCUT2D eigenvalue weighted by Crippen LogP contribution is 2.28. The molecule has 4 aromatic rings. The molecular formula is C22H19BrN4O2S. The summed E-state index contributed by atoms with van der Waals surface area (Å²) in [5, 5.41) is 12.2. The van der Waals surface area contributed by atoms with Gasteiger partial charge in [-0.15, -0.1) is 10.2 Å². The molecule has 0 radical (unpaired) electrons. The van der Waals surface area contributed by atoms with Crippen molar-refractivity contribution in [3.05, 3.63) is 76.5 Å². The van der Waals surface area contributed by atoms with Gasteiger partial charge in [0.2, 0.25) is 11.7 Å². The van der Waals surface area contributed by atoms with Crippen molar-refractivity contribution in [2.75, 3.05) is 11.1 Å². The van der Waals surface area contributed by atoms with E-state index in [9.17, 15) is 4.79 Å². The van der Waals surface area contributed by atoms with Crippen LogP contribution in [0.3, 0.4) is 0 Å².